The van der Waals surface area contributed by atoms with Crippen LogP contribution in [0, 0.1) is 0 Å². The molecule has 1 aliphatic heterocycles. The summed E-state index contributed by atoms with van der Waals surface area (Å²) in [6, 6.07) is 15.3. The maximum absolute atomic E-state index is 13.0. The highest BCUT2D eigenvalue weighted by molar-refractivity contribution is 5.95. The molecule has 1 unspecified atom stereocenters. The van der Waals surface area contributed by atoms with Gasteiger partial charge in [0.15, 0.2) is 0 Å². The van der Waals surface area contributed by atoms with Gasteiger partial charge < -0.3 is 14.5 Å². The van der Waals surface area contributed by atoms with Gasteiger partial charge in [0.1, 0.15) is 5.75 Å². The van der Waals surface area contributed by atoms with Gasteiger partial charge in [0.05, 0.1) is 25.3 Å². The number of carbonyl (C=O) groups excluding carboxylic acids is 2. The van der Waals surface area contributed by atoms with Gasteiger partial charge in [0.2, 0.25) is 11.8 Å². The molecule has 1 aliphatic rings. The Balaban J connectivity index is 1.88. The van der Waals surface area contributed by atoms with E-state index >= 15 is 0 Å². The minimum absolute atomic E-state index is 0.00255. The molecule has 2 aromatic carbocycles. The minimum atomic E-state index is -0.234. The first-order valence-corrected chi connectivity index (χ1v) is 8.77. The van der Waals surface area contributed by atoms with Crippen LogP contribution in [0.4, 0.5) is 5.69 Å². The number of anilines is 1. The van der Waals surface area contributed by atoms with Gasteiger partial charge in [-0.2, -0.15) is 0 Å². The van der Waals surface area contributed by atoms with Crippen molar-refractivity contribution in [1.82, 2.24) is 4.90 Å². The Bertz CT molecular complexity index is 818. The van der Waals surface area contributed by atoms with Crippen molar-refractivity contribution in [2.45, 2.75) is 25.8 Å². The standard InChI is InChI=1S/C21H24N2O3/c1-15(24)23-13-12-16-8-4-5-9-17(16)19(23)14-21(25)22(2)18-10-6-7-11-20(18)26-3/h4-11,19H,12-14H2,1-3H3. The van der Waals surface area contributed by atoms with Crippen LogP contribution in [0.1, 0.15) is 30.5 Å². The second kappa shape index (κ2) is 7.60. The zero-order chi connectivity index (χ0) is 18.7. The predicted molar refractivity (Wildman–Crippen MR) is 101 cm³/mol. The van der Waals surface area contributed by atoms with Crippen LogP contribution in [-0.2, 0) is 16.0 Å². The summed E-state index contributed by atoms with van der Waals surface area (Å²) in [5.74, 6) is 0.593. The Morgan fingerprint density at radius 3 is 2.58 bits per heavy atom. The molecule has 0 N–H and O–H groups in total. The first-order chi connectivity index (χ1) is 12.5. The number of ether oxygens (including phenoxy) is 1. The molecule has 26 heavy (non-hydrogen) atoms. The third-order valence-corrected chi connectivity index (χ3v) is 5.01. The number of carbonyl (C=O) groups is 2. The molecule has 0 radical (unpaired) electrons. The van der Waals surface area contributed by atoms with Gasteiger partial charge in [-0.3, -0.25) is 9.59 Å². The van der Waals surface area contributed by atoms with Crippen LogP contribution in [-0.4, -0.2) is 37.4 Å². The van der Waals surface area contributed by atoms with Crippen LogP contribution in [0.15, 0.2) is 48.5 Å². The molecule has 0 saturated heterocycles. The van der Waals surface area contributed by atoms with Gasteiger partial charge in [-0.05, 0) is 29.7 Å². The lowest BCUT2D eigenvalue weighted by atomic mass is 9.90. The van der Waals surface area contributed by atoms with Gasteiger partial charge in [0, 0.05) is 20.5 Å². The average Bonchev–Trinajstić information content (AvgIpc) is 2.67. The highest BCUT2D eigenvalue weighted by atomic mass is 16.5. The van der Waals surface area contributed by atoms with Crippen LogP contribution < -0.4 is 9.64 Å². The second-order valence-electron chi connectivity index (χ2n) is 6.51. The quantitative estimate of drug-likeness (QED) is 0.849. The van der Waals surface area contributed by atoms with Crippen LogP contribution >= 0.6 is 0 Å². The molecule has 1 atom stereocenters. The lowest BCUT2D eigenvalue weighted by molar-refractivity contribution is -0.132. The monoisotopic (exact) mass is 352 g/mol. The first-order valence-electron chi connectivity index (χ1n) is 8.77. The third kappa shape index (κ3) is 3.43. The van der Waals surface area contributed by atoms with Crippen molar-refractivity contribution >= 4 is 17.5 Å². The summed E-state index contributed by atoms with van der Waals surface area (Å²) < 4.78 is 5.36. The molecular weight excluding hydrogens is 328 g/mol. The van der Waals surface area contributed by atoms with Crippen molar-refractivity contribution in [3.05, 3.63) is 59.7 Å². The van der Waals surface area contributed by atoms with E-state index in [9.17, 15) is 9.59 Å². The van der Waals surface area contributed by atoms with E-state index in [1.807, 2.05) is 42.5 Å². The second-order valence-corrected chi connectivity index (χ2v) is 6.51. The maximum Gasteiger partial charge on any atom is 0.229 e. The molecule has 0 aromatic heterocycles. The van der Waals surface area contributed by atoms with Crippen molar-refractivity contribution < 1.29 is 14.3 Å². The number of para-hydroxylation sites is 2. The summed E-state index contributed by atoms with van der Waals surface area (Å²) in [4.78, 5) is 28.5. The summed E-state index contributed by atoms with van der Waals surface area (Å²) >= 11 is 0. The van der Waals surface area contributed by atoms with E-state index in [1.165, 1.54) is 5.56 Å². The Hall–Kier alpha value is -2.82. The van der Waals surface area contributed by atoms with Crippen LogP contribution in [0.5, 0.6) is 5.75 Å². The molecule has 3 rings (SSSR count). The number of amides is 2. The van der Waals surface area contributed by atoms with Crippen molar-refractivity contribution in [2.24, 2.45) is 0 Å². The maximum atomic E-state index is 13.0. The number of hydrogen-bond acceptors (Lipinski definition) is 3. The molecule has 5 heteroatoms. The number of nitrogens with zero attached hydrogens (tertiary/aromatic N) is 2. The fourth-order valence-corrected chi connectivity index (χ4v) is 3.59. The summed E-state index contributed by atoms with van der Waals surface area (Å²) in [6.07, 6.45) is 1.06. The van der Waals surface area contributed by atoms with Gasteiger partial charge in [-0.1, -0.05) is 36.4 Å². The molecule has 1 heterocycles. The minimum Gasteiger partial charge on any atom is -0.495 e. The predicted octanol–water partition coefficient (Wildman–Crippen LogP) is 3.19. The van der Waals surface area contributed by atoms with Crippen LogP contribution in [0.3, 0.4) is 0 Å². The lowest BCUT2D eigenvalue weighted by Gasteiger charge is -2.37. The number of hydrogen-bond donors (Lipinski definition) is 0. The zero-order valence-electron chi connectivity index (χ0n) is 15.4. The van der Waals surface area contributed by atoms with E-state index in [4.69, 9.17) is 4.74 Å². The highest BCUT2D eigenvalue weighted by Gasteiger charge is 2.31. The average molecular weight is 352 g/mol. The molecule has 0 saturated carbocycles. The molecule has 0 spiro atoms. The summed E-state index contributed by atoms with van der Waals surface area (Å²) in [7, 11) is 3.33. The van der Waals surface area contributed by atoms with E-state index in [1.54, 1.807) is 30.9 Å². The zero-order valence-corrected chi connectivity index (χ0v) is 15.4. The molecule has 2 amide bonds. The van der Waals surface area contributed by atoms with Crippen molar-refractivity contribution in [2.75, 3.05) is 25.6 Å². The molecule has 5 nitrogen and oxygen atoms in total. The molecule has 2 aromatic rings. The molecule has 136 valence electrons. The number of rotatable bonds is 4. The fourth-order valence-electron chi connectivity index (χ4n) is 3.59. The van der Waals surface area contributed by atoms with Gasteiger partial charge in [0.25, 0.3) is 0 Å². The number of fused-ring (bicyclic) bond motifs is 1. The SMILES string of the molecule is COc1ccccc1N(C)C(=O)CC1c2ccccc2CCN1C(C)=O. The van der Waals surface area contributed by atoms with E-state index in [0.29, 0.717) is 12.3 Å². The van der Waals surface area contributed by atoms with E-state index in [2.05, 4.69) is 6.07 Å². The smallest absolute Gasteiger partial charge is 0.229 e. The van der Waals surface area contributed by atoms with Gasteiger partial charge in [-0.25, -0.2) is 0 Å². The van der Waals surface area contributed by atoms with E-state index in [0.717, 1.165) is 17.7 Å². The third-order valence-electron chi connectivity index (χ3n) is 5.01. The van der Waals surface area contributed by atoms with Crippen molar-refractivity contribution in [1.29, 1.82) is 0 Å². The topological polar surface area (TPSA) is 49.9 Å². The van der Waals surface area contributed by atoms with E-state index in [-0.39, 0.29) is 24.3 Å². The van der Waals surface area contributed by atoms with Crippen LogP contribution in [0.25, 0.3) is 0 Å². The Morgan fingerprint density at radius 2 is 1.85 bits per heavy atom. The number of benzene rings is 2. The van der Waals surface area contributed by atoms with Crippen LogP contribution in [0.2, 0.25) is 0 Å². The normalized spacial score (nSPS) is 16.0. The highest BCUT2D eigenvalue weighted by Crippen LogP contribution is 2.34. The molecule has 0 bridgehead atoms. The largest absolute Gasteiger partial charge is 0.495 e. The number of methoxy groups -OCH3 is 1. The van der Waals surface area contributed by atoms with Gasteiger partial charge in [-0.15, -0.1) is 0 Å². The Labute approximate surface area is 154 Å². The Morgan fingerprint density at radius 1 is 1.15 bits per heavy atom. The molecule has 0 fully saturated rings. The summed E-state index contributed by atoms with van der Waals surface area (Å²) in [5.41, 5.74) is 3.00. The fraction of sp³-hybridized carbons (Fsp3) is 0.333. The summed E-state index contributed by atoms with van der Waals surface area (Å²) in [6.45, 7) is 2.21. The van der Waals surface area contributed by atoms with Gasteiger partial charge >= 0.3 is 0 Å². The van der Waals surface area contributed by atoms with E-state index < -0.39 is 0 Å². The van der Waals surface area contributed by atoms with Crippen molar-refractivity contribution in [3.8, 4) is 5.75 Å². The first kappa shape index (κ1) is 18.0. The molecular formula is C21H24N2O3. The Kier molecular flexibility index (Phi) is 5.26. The van der Waals surface area contributed by atoms with Crippen molar-refractivity contribution in [3.63, 3.8) is 0 Å². The summed E-state index contributed by atoms with van der Waals surface area (Å²) in [5, 5.41) is 0. The molecule has 0 aliphatic carbocycles. The lowest BCUT2D eigenvalue weighted by Crippen LogP contribution is -2.41.